The fourth-order valence-electron chi connectivity index (χ4n) is 0.194. The van der Waals surface area contributed by atoms with Crippen LogP contribution in [0.4, 0.5) is 0 Å². The van der Waals surface area contributed by atoms with Gasteiger partial charge in [0.25, 0.3) is 0 Å². The van der Waals surface area contributed by atoms with E-state index in [1.54, 1.807) is 0 Å². The third kappa shape index (κ3) is 1.66. The minimum Gasteiger partial charge on any atom is -0.475 e. The first kappa shape index (κ1) is 8.28. The predicted octanol–water partition coefficient (Wildman–Crippen LogP) is -1.71. The van der Waals surface area contributed by atoms with Crippen LogP contribution in [0.15, 0.2) is 0 Å². The summed E-state index contributed by atoms with van der Waals surface area (Å²) in [5, 5.41) is 15.5. The Morgan fingerprint density at radius 1 is 0.700 bits per heavy atom. The molecule has 6 nitrogen and oxygen atoms in total. The molecule has 0 aromatic heterocycles. The lowest BCUT2D eigenvalue weighted by Gasteiger charge is -1.84. The number of hydrogen-bond donors (Lipinski definition) is 2. The van der Waals surface area contributed by atoms with Gasteiger partial charge in [0.15, 0.2) is 0 Å². The van der Waals surface area contributed by atoms with Crippen LogP contribution in [0.3, 0.4) is 0 Å². The van der Waals surface area contributed by atoms with E-state index in [9.17, 15) is 19.2 Å². The van der Waals surface area contributed by atoms with Crippen molar-refractivity contribution < 1.29 is 29.4 Å². The molecule has 2 N–H and O–H groups in total. The molecule has 54 valence electrons. The van der Waals surface area contributed by atoms with Gasteiger partial charge >= 0.3 is 23.5 Å². The van der Waals surface area contributed by atoms with Gasteiger partial charge in [-0.15, -0.1) is 0 Å². The molecule has 0 saturated heterocycles. The monoisotopic (exact) mass is 146 g/mol. The summed E-state index contributed by atoms with van der Waals surface area (Å²) < 4.78 is 0. The molecule has 0 radical (unpaired) electrons. The summed E-state index contributed by atoms with van der Waals surface area (Å²) in [6.07, 6.45) is 0. The maximum atomic E-state index is 9.95. The Labute approximate surface area is 54.1 Å². The van der Waals surface area contributed by atoms with Crippen molar-refractivity contribution in [3.63, 3.8) is 0 Å². The lowest BCUT2D eigenvalue weighted by Crippen LogP contribution is -2.29. The van der Waals surface area contributed by atoms with E-state index in [1.807, 2.05) is 0 Å². The van der Waals surface area contributed by atoms with Crippen molar-refractivity contribution in [3.8, 4) is 0 Å². The third-order valence-corrected chi connectivity index (χ3v) is 0.595. The van der Waals surface area contributed by atoms with E-state index in [0.29, 0.717) is 0 Å². The van der Waals surface area contributed by atoms with E-state index in [4.69, 9.17) is 10.2 Å². The molecule has 0 aliphatic carbocycles. The van der Waals surface area contributed by atoms with Gasteiger partial charge in [-0.25, -0.2) is 9.59 Å². The van der Waals surface area contributed by atoms with Crippen molar-refractivity contribution in [2.24, 2.45) is 0 Å². The molecule has 0 saturated carbocycles. The number of ketones is 2. The van der Waals surface area contributed by atoms with Crippen molar-refractivity contribution >= 4 is 23.5 Å². The quantitative estimate of drug-likeness (QED) is 0.362. The summed E-state index contributed by atoms with van der Waals surface area (Å²) >= 11 is 0. The average molecular weight is 146 g/mol. The molecule has 0 spiro atoms. The molecule has 6 heteroatoms. The molecule has 0 aliphatic rings. The van der Waals surface area contributed by atoms with E-state index in [1.165, 1.54) is 0 Å². The number of Topliss-reactive ketones (excluding diaryl/α,β-unsaturated/α-hetero) is 2. The summed E-state index contributed by atoms with van der Waals surface area (Å²) in [5.41, 5.74) is 0. The molecule has 0 fully saturated rings. The number of rotatable bonds is 3. The molecule has 0 heterocycles. The van der Waals surface area contributed by atoms with E-state index >= 15 is 0 Å². The molecular weight excluding hydrogens is 144 g/mol. The molecule has 10 heavy (non-hydrogen) atoms. The molecule has 0 amide bonds. The zero-order valence-electron chi connectivity index (χ0n) is 4.53. The predicted molar refractivity (Wildman–Crippen MR) is 25.3 cm³/mol. The first-order valence-electron chi connectivity index (χ1n) is 2.01. The van der Waals surface area contributed by atoms with Gasteiger partial charge in [-0.3, -0.25) is 9.59 Å². The van der Waals surface area contributed by atoms with Crippen LogP contribution in [0.5, 0.6) is 0 Å². The fourth-order valence-corrected chi connectivity index (χ4v) is 0.194. The second-order valence-corrected chi connectivity index (χ2v) is 1.27. The summed E-state index contributed by atoms with van der Waals surface area (Å²) in [4.78, 5) is 39.1. The second-order valence-electron chi connectivity index (χ2n) is 1.27. The van der Waals surface area contributed by atoms with Crippen molar-refractivity contribution in [2.75, 3.05) is 0 Å². The van der Waals surface area contributed by atoms with Gasteiger partial charge in [-0.05, 0) is 0 Å². The van der Waals surface area contributed by atoms with Gasteiger partial charge in [0, 0.05) is 0 Å². The Kier molecular flexibility index (Phi) is 2.25. The Morgan fingerprint density at radius 2 is 0.900 bits per heavy atom. The fraction of sp³-hybridized carbons (Fsp3) is 0. The summed E-state index contributed by atoms with van der Waals surface area (Å²) in [5.74, 6) is -8.00. The van der Waals surface area contributed by atoms with Crippen LogP contribution >= 0.6 is 0 Å². The first-order chi connectivity index (χ1) is 4.46. The van der Waals surface area contributed by atoms with Crippen LogP contribution in [0, 0.1) is 0 Å². The number of carbonyl (C=O) groups is 4. The number of carboxylic acid groups (broad SMARTS) is 2. The van der Waals surface area contributed by atoms with E-state index < -0.39 is 23.5 Å². The van der Waals surface area contributed by atoms with Gasteiger partial charge in [0.2, 0.25) is 0 Å². The lowest BCUT2D eigenvalue weighted by atomic mass is 10.3. The lowest BCUT2D eigenvalue weighted by molar-refractivity contribution is -0.159. The number of carbonyl (C=O) groups excluding carboxylic acids is 2. The molecule has 0 bridgehead atoms. The number of hydrogen-bond acceptors (Lipinski definition) is 4. The average Bonchev–Trinajstić information content (AvgIpc) is 1.84. The largest absolute Gasteiger partial charge is 0.475 e. The van der Waals surface area contributed by atoms with Crippen molar-refractivity contribution in [1.29, 1.82) is 0 Å². The topological polar surface area (TPSA) is 109 Å². The zero-order chi connectivity index (χ0) is 8.31. The van der Waals surface area contributed by atoms with Crippen LogP contribution in [-0.2, 0) is 19.2 Å². The van der Waals surface area contributed by atoms with Gasteiger partial charge in [-0.2, -0.15) is 0 Å². The normalized spacial score (nSPS) is 8.40. The van der Waals surface area contributed by atoms with Crippen LogP contribution in [0.25, 0.3) is 0 Å². The Balaban J connectivity index is 4.39. The molecule has 0 atom stereocenters. The number of carboxylic acids is 2. The highest BCUT2D eigenvalue weighted by molar-refractivity contribution is 6.75. The maximum Gasteiger partial charge on any atom is 0.381 e. The van der Waals surface area contributed by atoms with Gasteiger partial charge in [-0.1, -0.05) is 0 Å². The Morgan fingerprint density at radius 3 is 1.00 bits per heavy atom. The van der Waals surface area contributed by atoms with Crippen LogP contribution in [-0.4, -0.2) is 33.7 Å². The Hall–Kier alpha value is -1.72. The van der Waals surface area contributed by atoms with Crippen LogP contribution in [0.2, 0.25) is 0 Å². The van der Waals surface area contributed by atoms with E-state index in [0.717, 1.165) is 0 Å². The van der Waals surface area contributed by atoms with E-state index in [-0.39, 0.29) is 0 Å². The van der Waals surface area contributed by atoms with Gasteiger partial charge in [0.05, 0.1) is 0 Å². The van der Waals surface area contributed by atoms with Crippen molar-refractivity contribution in [2.45, 2.75) is 0 Å². The van der Waals surface area contributed by atoms with Crippen molar-refractivity contribution in [1.82, 2.24) is 0 Å². The molecule has 0 unspecified atom stereocenters. The Bertz CT molecular complexity index is 190. The minimum absolute atomic E-state index is 1.94. The van der Waals surface area contributed by atoms with Crippen LogP contribution < -0.4 is 0 Å². The van der Waals surface area contributed by atoms with E-state index in [2.05, 4.69) is 0 Å². The SMILES string of the molecule is O=C(O)C(=O)C(=O)C(=O)O. The van der Waals surface area contributed by atoms with Gasteiger partial charge < -0.3 is 10.2 Å². The third-order valence-electron chi connectivity index (χ3n) is 0.595. The molecule has 0 rings (SSSR count). The smallest absolute Gasteiger partial charge is 0.381 e. The summed E-state index contributed by atoms with van der Waals surface area (Å²) in [6, 6.07) is 0. The summed E-state index contributed by atoms with van der Waals surface area (Å²) in [6.45, 7) is 0. The molecule has 0 aliphatic heterocycles. The van der Waals surface area contributed by atoms with Crippen LogP contribution in [0.1, 0.15) is 0 Å². The highest BCUT2D eigenvalue weighted by atomic mass is 16.4. The highest BCUT2D eigenvalue weighted by Gasteiger charge is 2.27. The van der Waals surface area contributed by atoms with Crippen molar-refractivity contribution in [3.05, 3.63) is 0 Å². The standard InChI is InChI=1S/C4H2O6/c5-1(3(7)8)2(6)4(9)10/h(H,7,8)(H,9,10). The molecular formula is C4H2O6. The summed E-state index contributed by atoms with van der Waals surface area (Å²) in [7, 11) is 0. The second kappa shape index (κ2) is 2.72. The number of aliphatic carboxylic acids is 2. The highest BCUT2D eigenvalue weighted by Crippen LogP contribution is 1.76. The zero-order valence-corrected chi connectivity index (χ0v) is 4.53. The van der Waals surface area contributed by atoms with Gasteiger partial charge in [0.1, 0.15) is 0 Å². The first-order valence-corrected chi connectivity index (χ1v) is 2.01. The molecule has 0 aromatic rings. The maximum absolute atomic E-state index is 9.95. The molecule has 0 aromatic carbocycles. The minimum atomic E-state index is -2.06.